The van der Waals surface area contributed by atoms with E-state index in [1.807, 2.05) is 6.26 Å². The second-order valence-electron chi connectivity index (χ2n) is 5.34. The van der Waals surface area contributed by atoms with Gasteiger partial charge in [-0.1, -0.05) is 41.4 Å². The summed E-state index contributed by atoms with van der Waals surface area (Å²) >= 11 is 13.3. The van der Waals surface area contributed by atoms with Crippen LogP contribution < -0.4 is 0 Å². The van der Waals surface area contributed by atoms with E-state index in [9.17, 15) is 9.50 Å². The normalized spacial score (nSPS) is 22.2. The lowest BCUT2D eigenvalue weighted by Gasteiger charge is -2.26. The Labute approximate surface area is 141 Å². The van der Waals surface area contributed by atoms with Gasteiger partial charge < -0.3 is 5.11 Å². The van der Waals surface area contributed by atoms with Crippen LogP contribution in [-0.2, 0) is 0 Å². The van der Waals surface area contributed by atoms with Crippen LogP contribution in [0.4, 0.5) is 4.39 Å². The van der Waals surface area contributed by atoms with Crippen LogP contribution in [-0.4, -0.2) is 32.4 Å². The first-order valence-electron chi connectivity index (χ1n) is 6.95. The van der Waals surface area contributed by atoms with Crippen LogP contribution in [0.15, 0.2) is 5.16 Å². The van der Waals surface area contributed by atoms with Gasteiger partial charge in [-0.05, 0) is 25.5 Å². The topological polar surface area (TPSA) is 58.9 Å². The molecule has 22 heavy (non-hydrogen) atoms. The number of nitrogens with zero attached hydrogens (tertiary/aromatic N) is 3. The third-order valence-electron chi connectivity index (χ3n) is 3.92. The van der Waals surface area contributed by atoms with Crippen molar-refractivity contribution in [1.29, 1.82) is 0 Å². The number of hydrogen-bond acceptors (Lipinski definition) is 5. The maximum Gasteiger partial charge on any atom is 0.188 e. The molecule has 8 heteroatoms. The fraction of sp³-hybridized carbons (Fsp3) is 0.500. The van der Waals surface area contributed by atoms with Crippen LogP contribution in [0.3, 0.4) is 0 Å². The van der Waals surface area contributed by atoms with Gasteiger partial charge in [-0.25, -0.2) is 19.3 Å². The fourth-order valence-corrected chi connectivity index (χ4v) is 3.77. The zero-order valence-electron chi connectivity index (χ0n) is 11.8. The van der Waals surface area contributed by atoms with E-state index < -0.39 is 5.82 Å². The molecular weight excluding hydrogens is 348 g/mol. The van der Waals surface area contributed by atoms with Crippen molar-refractivity contribution in [2.24, 2.45) is 0 Å². The zero-order chi connectivity index (χ0) is 15.9. The lowest BCUT2D eigenvalue weighted by Crippen LogP contribution is -2.19. The Balaban J connectivity index is 2.25. The summed E-state index contributed by atoms with van der Waals surface area (Å²) in [6, 6.07) is 0. The molecule has 1 saturated carbocycles. The molecular formula is C14H14Cl2FN3OS. The van der Waals surface area contributed by atoms with Crippen molar-refractivity contribution in [3.8, 4) is 0 Å². The maximum absolute atomic E-state index is 14.3. The number of aromatic nitrogens is 3. The average Bonchev–Trinajstić information content (AvgIpc) is 2.51. The fourth-order valence-electron chi connectivity index (χ4n) is 2.91. The predicted octanol–water partition coefficient (Wildman–Crippen LogP) is 4.21. The molecule has 1 N–H and O–H groups in total. The largest absolute Gasteiger partial charge is 0.393 e. The summed E-state index contributed by atoms with van der Waals surface area (Å²) in [5.74, 6) is -0.670. The van der Waals surface area contributed by atoms with Gasteiger partial charge in [0.05, 0.1) is 17.2 Å². The van der Waals surface area contributed by atoms with Crippen molar-refractivity contribution < 1.29 is 9.50 Å². The third kappa shape index (κ3) is 2.89. The van der Waals surface area contributed by atoms with Gasteiger partial charge in [-0.2, -0.15) is 0 Å². The lowest BCUT2D eigenvalue weighted by atomic mass is 9.84. The monoisotopic (exact) mass is 361 g/mol. The van der Waals surface area contributed by atoms with E-state index in [0.717, 1.165) is 19.3 Å². The maximum atomic E-state index is 14.3. The Morgan fingerprint density at radius 2 is 1.95 bits per heavy atom. The molecule has 0 bridgehead atoms. The number of aliphatic hydroxyl groups is 1. The molecule has 2 aromatic heterocycles. The van der Waals surface area contributed by atoms with Gasteiger partial charge in [-0.15, -0.1) is 0 Å². The van der Waals surface area contributed by atoms with E-state index >= 15 is 0 Å². The highest BCUT2D eigenvalue weighted by Gasteiger charge is 2.28. The Kier molecular flexibility index (Phi) is 4.73. The van der Waals surface area contributed by atoms with Crippen molar-refractivity contribution in [3.05, 3.63) is 21.8 Å². The van der Waals surface area contributed by atoms with Crippen molar-refractivity contribution in [1.82, 2.24) is 15.0 Å². The number of pyridine rings is 1. The van der Waals surface area contributed by atoms with Gasteiger partial charge in [0.15, 0.2) is 16.1 Å². The molecule has 4 nitrogen and oxygen atoms in total. The highest BCUT2D eigenvalue weighted by atomic mass is 35.5. The van der Waals surface area contributed by atoms with E-state index in [4.69, 9.17) is 23.2 Å². The molecule has 0 aliphatic heterocycles. The molecule has 1 aliphatic rings. The van der Waals surface area contributed by atoms with Gasteiger partial charge in [0, 0.05) is 5.92 Å². The number of fused-ring (bicyclic) bond motifs is 1. The van der Waals surface area contributed by atoms with Gasteiger partial charge in [0.2, 0.25) is 0 Å². The zero-order valence-corrected chi connectivity index (χ0v) is 14.1. The van der Waals surface area contributed by atoms with Crippen LogP contribution >= 0.6 is 35.0 Å². The van der Waals surface area contributed by atoms with Crippen molar-refractivity contribution in [2.75, 3.05) is 6.26 Å². The molecule has 3 rings (SSSR count). The van der Waals surface area contributed by atoms with E-state index in [0.29, 0.717) is 22.7 Å². The van der Waals surface area contributed by atoms with E-state index in [1.165, 1.54) is 11.8 Å². The van der Waals surface area contributed by atoms with Crippen LogP contribution in [0.2, 0.25) is 10.3 Å². The predicted molar refractivity (Wildman–Crippen MR) is 86.3 cm³/mol. The van der Waals surface area contributed by atoms with E-state index in [2.05, 4.69) is 15.0 Å². The molecule has 1 aliphatic carbocycles. The first-order chi connectivity index (χ1) is 10.5. The summed E-state index contributed by atoms with van der Waals surface area (Å²) in [4.78, 5) is 12.5. The Morgan fingerprint density at radius 1 is 1.18 bits per heavy atom. The smallest absolute Gasteiger partial charge is 0.188 e. The number of rotatable bonds is 2. The van der Waals surface area contributed by atoms with E-state index in [1.54, 1.807) is 0 Å². The van der Waals surface area contributed by atoms with Crippen molar-refractivity contribution in [3.63, 3.8) is 0 Å². The number of aliphatic hydroxyl groups excluding tert-OH is 1. The average molecular weight is 362 g/mol. The molecule has 0 aromatic carbocycles. The Morgan fingerprint density at radius 3 is 2.64 bits per heavy atom. The molecule has 0 amide bonds. The van der Waals surface area contributed by atoms with Crippen LogP contribution in [0.1, 0.15) is 37.3 Å². The molecule has 0 radical (unpaired) electrons. The van der Waals surface area contributed by atoms with Crippen LogP contribution in [0.5, 0.6) is 0 Å². The minimum Gasteiger partial charge on any atom is -0.393 e. The standard InChI is InChI=1S/C14H14Cl2FN3OS/c1-22-14-18-10(6-3-2-4-7(21)5-6)8-11(19-14)9(17)13(16)20-12(8)15/h6-7,21H,2-5H2,1H3/t6?,7-/m1/s1. The van der Waals surface area contributed by atoms with Crippen LogP contribution in [0.25, 0.3) is 10.9 Å². The van der Waals surface area contributed by atoms with Gasteiger partial charge in [0.1, 0.15) is 10.7 Å². The second kappa shape index (κ2) is 6.43. The summed E-state index contributed by atoms with van der Waals surface area (Å²) in [5, 5.41) is 10.6. The Bertz CT molecular complexity index is 731. The van der Waals surface area contributed by atoms with Crippen molar-refractivity contribution >= 4 is 45.9 Å². The van der Waals surface area contributed by atoms with Crippen LogP contribution in [0, 0.1) is 5.82 Å². The number of thioether (sulfide) groups is 1. The minimum atomic E-state index is -0.684. The summed E-state index contributed by atoms with van der Waals surface area (Å²) in [6.45, 7) is 0. The molecule has 2 atom stereocenters. The van der Waals surface area contributed by atoms with Crippen molar-refractivity contribution in [2.45, 2.75) is 42.9 Å². The highest BCUT2D eigenvalue weighted by Crippen LogP contribution is 2.39. The summed E-state index contributed by atoms with van der Waals surface area (Å²) in [7, 11) is 0. The van der Waals surface area contributed by atoms with E-state index in [-0.39, 0.29) is 27.8 Å². The second-order valence-corrected chi connectivity index (χ2v) is 6.83. The summed E-state index contributed by atoms with van der Waals surface area (Å²) < 4.78 is 14.3. The molecule has 1 fully saturated rings. The minimum absolute atomic E-state index is 0.0139. The molecule has 118 valence electrons. The van der Waals surface area contributed by atoms with Gasteiger partial charge in [-0.3, -0.25) is 0 Å². The molecule has 0 saturated heterocycles. The lowest BCUT2D eigenvalue weighted by molar-refractivity contribution is 0.119. The Hall–Kier alpha value is -0.690. The third-order valence-corrected chi connectivity index (χ3v) is 5.00. The van der Waals surface area contributed by atoms with Gasteiger partial charge >= 0.3 is 0 Å². The SMILES string of the molecule is CSc1nc(C2CCC[C@@H](O)C2)c2c(Cl)nc(Cl)c(F)c2n1. The summed E-state index contributed by atoms with van der Waals surface area (Å²) in [6.07, 6.45) is 4.58. The quantitative estimate of drug-likeness (QED) is 0.493. The number of hydrogen-bond donors (Lipinski definition) is 1. The summed E-state index contributed by atoms with van der Waals surface area (Å²) in [5.41, 5.74) is 0.751. The highest BCUT2D eigenvalue weighted by molar-refractivity contribution is 7.98. The first kappa shape index (κ1) is 16.2. The van der Waals surface area contributed by atoms with Gasteiger partial charge in [0.25, 0.3) is 0 Å². The first-order valence-corrected chi connectivity index (χ1v) is 8.93. The molecule has 2 heterocycles. The molecule has 1 unspecified atom stereocenters. The number of halogens is 3. The molecule has 2 aromatic rings. The molecule has 0 spiro atoms.